The Labute approximate surface area is 95.9 Å². The molecule has 0 fully saturated rings. The third-order valence-electron chi connectivity index (χ3n) is 2.84. The lowest BCUT2D eigenvalue weighted by Gasteiger charge is -2.24. The molecular formula is C13H17NO2. The molecule has 0 aromatic heterocycles. The molecule has 0 bridgehead atoms. The highest BCUT2D eigenvalue weighted by molar-refractivity contribution is 5.24. The van der Waals surface area contributed by atoms with Gasteiger partial charge in [-0.05, 0) is 6.92 Å². The van der Waals surface area contributed by atoms with E-state index in [0.717, 1.165) is 11.1 Å². The summed E-state index contributed by atoms with van der Waals surface area (Å²) in [6.45, 7) is 7.47. The molecule has 1 aromatic rings. The Morgan fingerprint density at radius 1 is 1.44 bits per heavy atom. The van der Waals surface area contributed by atoms with Crippen molar-refractivity contribution >= 4 is 0 Å². The van der Waals surface area contributed by atoms with Gasteiger partial charge in [0, 0.05) is 23.3 Å². The van der Waals surface area contributed by atoms with Crippen LogP contribution in [0.4, 0.5) is 0 Å². The molecule has 0 aliphatic carbocycles. The molecule has 0 aliphatic heterocycles. The van der Waals surface area contributed by atoms with Gasteiger partial charge in [0.1, 0.15) is 0 Å². The van der Waals surface area contributed by atoms with Crippen molar-refractivity contribution in [2.75, 3.05) is 0 Å². The summed E-state index contributed by atoms with van der Waals surface area (Å²) in [7, 11) is 0. The van der Waals surface area contributed by atoms with Crippen LogP contribution in [0.2, 0.25) is 0 Å². The lowest BCUT2D eigenvalue weighted by Crippen LogP contribution is -2.35. The van der Waals surface area contributed by atoms with Crippen LogP contribution in [0.3, 0.4) is 0 Å². The second kappa shape index (κ2) is 4.92. The van der Waals surface area contributed by atoms with E-state index in [4.69, 9.17) is 0 Å². The van der Waals surface area contributed by atoms with E-state index >= 15 is 0 Å². The zero-order valence-corrected chi connectivity index (χ0v) is 9.77. The molecule has 0 heterocycles. The minimum Gasteiger partial charge on any atom is -0.264 e. The fraction of sp³-hybridized carbons (Fsp3) is 0.385. The van der Waals surface area contributed by atoms with Crippen LogP contribution in [0.15, 0.2) is 42.5 Å². The molecule has 3 nitrogen and oxygen atoms in total. The quantitative estimate of drug-likeness (QED) is 0.432. The first-order valence-corrected chi connectivity index (χ1v) is 5.37. The largest absolute Gasteiger partial charge is 0.264 e. The smallest absolute Gasteiger partial charge is 0.250 e. The van der Waals surface area contributed by atoms with Gasteiger partial charge in [0.2, 0.25) is 0 Å². The van der Waals surface area contributed by atoms with Crippen LogP contribution >= 0.6 is 0 Å². The molecule has 1 atom stereocenters. The van der Waals surface area contributed by atoms with Gasteiger partial charge in [-0.1, -0.05) is 49.4 Å². The van der Waals surface area contributed by atoms with Crippen LogP contribution in [-0.4, -0.2) is 4.92 Å². The molecular weight excluding hydrogens is 202 g/mol. The lowest BCUT2D eigenvalue weighted by atomic mass is 9.82. The maximum absolute atomic E-state index is 11.4. The van der Waals surface area contributed by atoms with Gasteiger partial charge < -0.3 is 0 Å². The SMILES string of the molecule is C=C(C)C[C@@](CC)(c1ccccc1)[N+](=O)[O-]. The molecule has 0 spiro atoms. The Morgan fingerprint density at radius 2 is 2.00 bits per heavy atom. The maximum atomic E-state index is 11.4. The van der Waals surface area contributed by atoms with E-state index in [-0.39, 0.29) is 4.92 Å². The predicted octanol–water partition coefficient (Wildman–Crippen LogP) is 3.53. The second-order valence-electron chi connectivity index (χ2n) is 4.14. The molecule has 0 radical (unpaired) electrons. The third kappa shape index (κ3) is 2.30. The van der Waals surface area contributed by atoms with Gasteiger partial charge in [-0.15, -0.1) is 0 Å². The summed E-state index contributed by atoms with van der Waals surface area (Å²) in [4.78, 5) is 11.2. The van der Waals surface area contributed by atoms with Gasteiger partial charge in [0.15, 0.2) is 0 Å². The first kappa shape index (κ1) is 12.4. The van der Waals surface area contributed by atoms with Crippen molar-refractivity contribution in [1.29, 1.82) is 0 Å². The number of benzene rings is 1. The van der Waals surface area contributed by atoms with Gasteiger partial charge >= 0.3 is 0 Å². The molecule has 0 saturated carbocycles. The van der Waals surface area contributed by atoms with E-state index in [1.54, 1.807) is 0 Å². The predicted molar refractivity (Wildman–Crippen MR) is 64.8 cm³/mol. The van der Waals surface area contributed by atoms with Crippen LogP contribution in [-0.2, 0) is 5.54 Å². The number of nitrogens with zero attached hydrogens (tertiary/aromatic N) is 1. The Balaban J connectivity index is 3.23. The number of hydrogen-bond acceptors (Lipinski definition) is 2. The summed E-state index contributed by atoms with van der Waals surface area (Å²) in [5, 5.41) is 11.4. The molecule has 0 unspecified atom stereocenters. The van der Waals surface area contributed by atoms with Crippen LogP contribution in [0, 0.1) is 10.1 Å². The van der Waals surface area contributed by atoms with E-state index in [9.17, 15) is 10.1 Å². The Bertz CT molecular complexity index is 386. The second-order valence-corrected chi connectivity index (χ2v) is 4.14. The standard InChI is InChI=1S/C13H17NO2/c1-4-13(14(15)16,10-11(2)3)12-8-6-5-7-9-12/h5-9H,2,4,10H2,1,3H3/t13-/m0/s1. The fourth-order valence-electron chi connectivity index (χ4n) is 1.98. The normalized spacial score (nSPS) is 14.1. The van der Waals surface area contributed by atoms with Gasteiger partial charge in [-0.25, -0.2) is 0 Å². The summed E-state index contributed by atoms with van der Waals surface area (Å²) in [6, 6.07) is 9.17. The third-order valence-corrected chi connectivity index (χ3v) is 2.84. The molecule has 0 saturated heterocycles. The molecule has 0 amide bonds. The van der Waals surface area contributed by atoms with Crippen LogP contribution in [0.25, 0.3) is 0 Å². The minimum atomic E-state index is -1.02. The number of rotatable bonds is 5. The van der Waals surface area contributed by atoms with Gasteiger partial charge in [0.05, 0.1) is 0 Å². The molecule has 3 heteroatoms. The van der Waals surface area contributed by atoms with Crippen molar-refractivity contribution in [1.82, 2.24) is 0 Å². The molecule has 0 N–H and O–H groups in total. The zero-order valence-electron chi connectivity index (χ0n) is 9.77. The summed E-state index contributed by atoms with van der Waals surface area (Å²) in [6.07, 6.45) is 0.859. The summed E-state index contributed by atoms with van der Waals surface area (Å²) >= 11 is 0. The molecule has 16 heavy (non-hydrogen) atoms. The van der Waals surface area contributed by atoms with Crippen molar-refractivity contribution in [3.63, 3.8) is 0 Å². The van der Waals surface area contributed by atoms with Crippen LogP contribution < -0.4 is 0 Å². The summed E-state index contributed by atoms with van der Waals surface area (Å²) in [5.74, 6) is 0. The van der Waals surface area contributed by atoms with E-state index < -0.39 is 5.54 Å². The van der Waals surface area contributed by atoms with Crippen molar-refractivity contribution < 1.29 is 4.92 Å². The van der Waals surface area contributed by atoms with Crippen LogP contribution in [0.5, 0.6) is 0 Å². The highest BCUT2D eigenvalue weighted by Gasteiger charge is 2.42. The zero-order chi connectivity index (χ0) is 12.2. The van der Waals surface area contributed by atoms with Gasteiger partial charge in [-0.2, -0.15) is 0 Å². The molecule has 86 valence electrons. The monoisotopic (exact) mass is 219 g/mol. The van der Waals surface area contributed by atoms with Crippen molar-refractivity contribution in [3.05, 3.63) is 58.2 Å². The minimum absolute atomic E-state index is 0.184. The fourth-order valence-corrected chi connectivity index (χ4v) is 1.98. The average Bonchev–Trinajstić information content (AvgIpc) is 2.26. The molecule has 1 rings (SSSR count). The Kier molecular flexibility index (Phi) is 3.82. The number of nitro groups is 1. The van der Waals surface area contributed by atoms with Crippen molar-refractivity contribution in [3.8, 4) is 0 Å². The van der Waals surface area contributed by atoms with E-state index in [2.05, 4.69) is 6.58 Å². The Hall–Kier alpha value is -1.64. The lowest BCUT2D eigenvalue weighted by molar-refractivity contribution is -0.580. The average molecular weight is 219 g/mol. The van der Waals surface area contributed by atoms with Gasteiger partial charge in [0.25, 0.3) is 5.54 Å². The number of hydrogen-bond donors (Lipinski definition) is 0. The molecule has 0 aliphatic rings. The van der Waals surface area contributed by atoms with E-state index in [1.165, 1.54) is 0 Å². The van der Waals surface area contributed by atoms with Crippen LogP contribution in [0.1, 0.15) is 32.3 Å². The first-order chi connectivity index (χ1) is 7.53. The summed E-state index contributed by atoms with van der Waals surface area (Å²) in [5.41, 5.74) is 0.570. The van der Waals surface area contributed by atoms with Crippen molar-refractivity contribution in [2.24, 2.45) is 0 Å². The highest BCUT2D eigenvalue weighted by Crippen LogP contribution is 2.34. The first-order valence-electron chi connectivity index (χ1n) is 5.37. The van der Waals surface area contributed by atoms with E-state index in [0.29, 0.717) is 12.8 Å². The highest BCUT2D eigenvalue weighted by atomic mass is 16.6. The van der Waals surface area contributed by atoms with E-state index in [1.807, 2.05) is 44.2 Å². The van der Waals surface area contributed by atoms with Gasteiger partial charge in [-0.3, -0.25) is 10.1 Å². The summed E-state index contributed by atoms with van der Waals surface area (Å²) < 4.78 is 0. The topological polar surface area (TPSA) is 43.1 Å². The van der Waals surface area contributed by atoms with Crippen molar-refractivity contribution in [2.45, 2.75) is 32.2 Å². The molecule has 1 aromatic carbocycles. The maximum Gasteiger partial charge on any atom is 0.250 e. The Morgan fingerprint density at radius 3 is 2.38 bits per heavy atom.